The van der Waals surface area contributed by atoms with Crippen LogP contribution in [0.2, 0.25) is 0 Å². The molecule has 3 N–H and O–H groups in total. The molecule has 0 aliphatic rings. The molecule has 0 saturated carbocycles. The molecule has 0 aromatic rings. The van der Waals surface area contributed by atoms with E-state index in [2.05, 4.69) is 5.32 Å². The van der Waals surface area contributed by atoms with Crippen LogP contribution in [0.4, 0.5) is 0 Å². The molecule has 14 heavy (non-hydrogen) atoms. The van der Waals surface area contributed by atoms with Crippen LogP contribution in [-0.4, -0.2) is 32.2 Å². The average molecular weight is 202 g/mol. The number of carbonyl (C=O) groups excluding carboxylic acids is 1. The number of methoxy groups -OCH3 is 1. The van der Waals surface area contributed by atoms with Crippen LogP contribution in [0.25, 0.3) is 0 Å². The first-order valence-corrected chi connectivity index (χ1v) is 5.11. The lowest BCUT2D eigenvalue weighted by Gasteiger charge is -2.15. The second-order valence-corrected chi connectivity index (χ2v) is 3.76. The Bertz CT molecular complexity index is 160. The molecule has 1 unspecified atom stereocenters. The highest BCUT2D eigenvalue weighted by Crippen LogP contribution is 1.97. The zero-order chi connectivity index (χ0) is 11.0. The molecule has 1 atom stereocenters. The molecule has 0 rings (SSSR count). The molecule has 0 spiro atoms. The highest BCUT2D eigenvalue weighted by Gasteiger charge is 2.15. The summed E-state index contributed by atoms with van der Waals surface area (Å²) in [4.78, 5) is 11.3. The number of hydrogen-bond donors (Lipinski definition) is 2. The molecule has 0 saturated heterocycles. The predicted molar refractivity (Wildman–Crippen MR) is 56.9 cm³/mol. The van der Waals surface area contributed by atoms with Gasteiger partial charge in [-0.2, -0.15) is 0 Å². The van der Waals surface area contributed by atoms with Crippen LogP contribution in [0, 0.1) is 5.92 Å². The SMILES string of the molecule is COCCCCNC(=O)C(N)C(C)C. The van der Waals surface area contributed by atoms with Crippen molar-refractivity contribution in [2.75, 3.05) is 20.3 Å². The summed E-state index contributed by atoms with van der Waals surface area (Å²) in [7, 11) is 1.67. The summed E-state index contributed by atoms with van der Waals surface area (Å²) in [5, 5.41) is 2.80. The van der Waals surface area contributed by atoms with Crippen molar-refractivity contribution >= 4 is 5.91 Å². The van der Waals surface area contributed by atoms with E-state index in [0.29, 0.717) is 6.54 Å². The van der Waals surface area contributed by atoms with Gasteiger partial charge in [0.1, 0.15) is 0 Å². The van der Waals surface area contributed by atoms with Crippen LogP contribution < -0.4 is 11.1 Å². The Morgan fingerprint density at radius 3 is 2.57 bits per heavy atom. The summed E-state index contributed by atoms with van der Waals surface area (Å²) in [6, 6.07) is -0.391. The van der Waals surface area contributed by atoms with Gasteiger partial charge in [0.15, 0.2) is 0 Å². The Balaban J connectivity index is 3.44. The van der Waals surface area contributed by atoms with Gasteiger partial charge in [-0.15, -0.1) is 0 Å². The van der Waals surface area contributed by atoms with Gasteiger partial charge in [0, 0.05) is 20.3 Å². The Kier molecular flexibility index (Phi) is 7.42. The third-order valence-corrected chi connectivity index (χ3v) is 2.10. The van der Waals surface area contributed by atoms with E-state index < -0.39 is 6.04 Å². The minimum atomic E-state index is -0.391. The highest BCUT2D eigenvalue weighted by atomic mass is 16.5. The van der Waals surface area contributed by atoms with E-state index in [1.165, 1.54) is 0 Å². The van der Waals surface area contributed by atoms with Crippen molar-refractivity contribution in [3.8, 4) is 0 Å². The standard InChI is InChI=1S/C10H22N2O2/c1-8(2)9(11)10(13)12-6-4-5-7-14-3/h8-9H,4-7,11H2,1-3H3,(H,12,13). The molecule has 4 nitrogen and oxygen atoms in total. The number of nitrogens with two attached hydrogens (primary N) is 1. The van der Waals surface area contributed by atoms with E-state index in [1.54, 1.807) is 7.11 Å². The van der Waals surface area contributed by atoms with Gasteiger partial charge in [0.2, 0.25) is 5.91 Å². The molecule has 84 valence electrons. The molecular formula is C10H22N2O2. The van der Waals surface area contributed by atoms with Gasteiger partial charge in [-0.25, -0.2) is 0 Å². The molecule has 0 heterocycles. The van der Waals surface area contributed by atoms with E-state index in [4.69, 9.17) is 10.5 Å². The van der Waals surface area contributed by atoms with Gasteiger partial charge in [0.05, 0.1) is 6.04 Å². The summed E-state index contributed by atoms with van der Waals surface area (Å²) < 4.78 is 4.90. The molecular weight excluding hydrogens is 180 g/mol. The largest absolute Gasteiger partial charge is 0.385 e. The molecule has 0 radical (unpaired) electrons. The van der Waals surface area contributed by atoms with Crippen LogP contribution in [0.15, 0.2) is 0 Å². The van der Waals surface area contributed by atoms with Crippen molar-refractivity contribution in [3.05, 3.63) is 0 Å². The fourth-order valence-corrected chi connectivity index (χ4v) is 1.00. The van der Waals surface area contributed by atoms with Crippen molar-refractivity contribution in [2.45, 2.75) is 32.7 Å². The van der Waals surface area contributed by atoms with Crippen molar-refractivity contribution in [1.82, 2.24) is 5.32 Å². The van der Waals surface area contributed by atoms with Crippen LogP contribution in [0.5, 0.6) is 0 Å². The number of carbonyl (C=O) groups is 1. The molecule has 0 aliphatic heterocycles. The molecule has 0 aliphatic carbocycles. The highest BCUT2D eigenvalue weighted by molar-refractivity contribution is 5.81. The van der Waals surface area contributed by atoms with E-state index >= 15 is 0 Å². The lowest BCUT2D eigenvalue weighted by molar-refractivity contribution is -0.123. The summed E-state index contributed by atoms with van der Waals surface area (Å²) in [5.41, 5.74) is 5.66. The number of nitrogens with one attached hydrogen (secondary N) is 1. The monoisotopic (exact) mass is 202 g/mol. The van der Waals surface area contributed by atoms with E-state index in [0.717, 1.165) is 19.4 Å². The van der Waals surface area contributed by atoms with E-state index in [1.807, 2.05) is 13.8 Å². The number of ether oxygens (including phenoxy) is 1. The van der Waals surface area contributed by atoms with Crippen LogP contribution >= 0.6 is 0 Å². The summed E-state index contributed by atoms with van der Waals surface area (Å²) in [6.45, 7) is 5.30. The van der Waals surface area contributed by atoms with E-state index in [9.17, 15) is 4.79 Å². The van der Waals surface area contributed by atoms with Gasteiger partial charge < -0.3 is 15.8 Å². The molecule has 0 aromatic heterocycles. The number of amides is 1. The molecule has 1 amide bonds. The second kappa shape index (κ2) is 7.76. The molecule has 0 aromatic carbocycles. The summed E-state index contributed by atoms with van der Waals surface area (Å²) >= 11 is 0. The quantitative estimate of drug-likeness (QED) is 0.591. The van der Waals surface area contributed by atoms with Crippen molar-refractivity contribution < 1.29 is 9.53 Å². The normalized spacial score (nSPS) is 12.9. The van der Waals surface area contributed by atoms with Crippen LogP contribution in [0.3, 0.4) is 0 Å². The van der Waals surface area contributed by atoms with Gasteiger partial charge in [-0.3, -0.25) is 4.79 Å². The summed E-state index contributed by atoms with van der Waals surface area (Å²) in [6.07, 6.45) is 1.90. The van der Waals surface area contributed by atoms with Crippen LogP contribution in [-0.2, 0) is 9.53 Å². The van der Waals surface area contributed by atoms with Gasteiger partial charge in [0.25, 0.3) is 0 Å². The number of hydrogen-bond acceptors (Lipinski definition) is 3. The second-order valence-electron chi connectivity index (χ2n) is 3.76. The fraction of sp³-hybridized carbons (Fsp3) is 0.900. The third kappa shape index (κ3) is 5.94. The maximum atomic E-state index is 11.3. The van der Waals surface area contributed by atoms with Gasteiger partial charge in [-0.1, -0.05) is 13.8 Å². The average Bonchev–Trinajstić information content (AvgIpc) is 2.16. The molecule has 0 bridgehead atoms. The lowest BCUT2D eigenvalue weighted by Crippen LogP contribution is -2.44. The lowest BCUT2D eigenvalue weighted by atomic mass is 10.1. The van der Waals surface area contributed by atoms with Crippen molar-refractivity contribution in [3.63, 3.8) is 0 Å². The zero-order valence-electron chi connectivity index (χ0n) is 9.38. The maximum Gasteiger partial charge on any atom is 0.237 e. The summed E-state index contributed by atoms with van der Waals surface area (Å²) in [5.74, 6) is 0.131. The van der Waals surface area contributed by atoms with Crippen LogP contribution in [0.1, 0.15) is 26.7 Å². The predicted octanol–water partition coefficient (Wildman–Crippen LogP) is 0.513. The first-order valence-electron chi connectivity index (χ1n) is 5.11. The van der Waals surface area contributed by atoms with Crippen molar-refractivity contribution in [1.29, 1.82) is 0 Å². The smallest absolute Gasteiger partial charge is 0.237 e. The first kappa shape index (κ1) is 13.4. The van der Waals surface area contributed by atoms with Gasteiger partial charge in [-0.05, 0) is 18.8 Å². The first-order chi connectivity index (χ1) is 6.59. The third-order valence-electron chi connectivity index (χ3n) is 2.10. The molecule has 4 heteroatoms. The Morgan fingerprint density at radius 1 is 1.43 bits per heavy atom. The molecule has 0 fully saturated rings. The topological polar surface area (TPSA) is 64.3 Å². The Labute approximate surface area is 86.2 Å². The zero-order valence-corrected chi connectivity index (χ0v) is 9.38. The van der Waals surface area contributed by atoms with E-state index in [-0.39, 0.29) is 11.8 Å². The Morgan fingerprint density at radius 2 is 2.07 bits per heavy atom. The number of rotatable bonds is 7. The van der Waals surface area contributed by atoms with Gasteiger partial charge >= 0.3 is 0 Å². The fourth-order valence-electron chi connectivity index (χ4n) is 1.00. The Hall–Kier alpha value is -0.610. The van der Waals surface area contributed by atoms with Crippen molar-refractivity contribution in [2.24, 2.45) is 11.7 Å². The number of unbranched alkanes of at least 4 members (excludes halogenated alkanes) is 1. The maximum absolute atomic E-state index is 11.3. The minimum absolute atomic E-state index is 0.0579. The minimum Gasteiger partial charge on any atom is -0.385 e.